The van der Waals surface area contributed by atoms with Crippen molar-refractivity contribution in [2.45, 2.75) is 13.8 Å². The highest BCUT2D eigenvalue weighted by atomic mass is 32.1. The molecule has 1 fully saturated rings. The number of nitrogens with zero attached hydrogens (tertiary/aromatic N) is 3. The number of amides is 2. The van der Waals surface area contributed by atoms with Gasteiger partial charge in [-0.05, 0) is 38.1 Å². The summed E-state index contributed by atoms with van der Waals surface area (Å²) in [6.07, 6.45) is 0. The van der Waals surface area contributed by atoms with Crippen molar-refractivity contribution in [1.82, 2.24) is 14.8 Å². The number of hydrogen-bond donors (Lipinski definition) is 0. The number of methoxy groups -OCH3 is 1. The van der Waals surface area contributed by atoms with Crippen LogP contribution in [0.5, 0.6) is 5.75 Å². The van der Waals surface area contributed by atoms with E-state index in [2.05, 4.69) is 4.98 Å². The number of thiazole rings is 1. The Hall–Kier alpha value is -2.41. The Morgan fingerprint density at radius 2 is 1.56 bits per heavy atom. The van der Waals surface area contributed by atoms with Crippen LogP contribution < -0.4 is 4.74 Å². The Morgan fingerprint density at radius 1 is 1.00 bits per heavy atom. The summed E-state index contributed by atoms with van der Waals surface area (Å²) < 4.78 is 5.12. The first-order valence-electron chi connectivity index (χ1n) is 8.16. The number of aromatic nitrogens is 1. The van der Waals surface area contributed by atoms with Gasteiger partial charge in [0.2, 0.25) is 0 Å². The van der Waals surface area contributed by atoms with E-state index in [1.165, 1.54) is 11.3 Å². The zero-order valence-corrected chi connectivity index (χ0v) is 15.4. The quantitative estimate of drug-likeness (QED) is 0.844. The number of carbonyl (C=O) groups is 2. The summed E-state index contributed by atoms with van der Waals surface area (Å²) in [6.45, 7) is 5.91. The fourth-order valence-electron chi connectivity index (χ4n) is 2.90. The van der Waals surface area contributed by atoms with Crippen molar-refractivity contribution >= 4 is 23.2 Å². The molecule has 1 aliphatic rings. The molecule has 0 saturated carbocycles. The first kappa shape index (κ1) is 17.4. The summed E-state index contributed by atoms with van der Waals surface area (Å²) in [7, 11) is 1.60. The Balaban J connectivity index is 1.62. The van der Waals surface area contributed by atoms with Crippen LogP contribution in [-0.2, 0) is 0 Å². The zero-order chi connectivity index (χ0) is 18.0. The summed E-state index contributed by atoms with van der Waals surface area (Å²) in [4.78, 5) is 33.8. The van der Waals surface area contributed by atoms with Crippen molar-refractivity contribution in [1.29, 1.82) is 0 Å². The van der Waals surface area contributed by atoms with Gasteiger partial charge in [0.05, 0.1) is 17.8 Å². The molecule has 1 aromatic heterocycles. The second kappa shape index (κ2) is 7.23. The van der Waals surface area contributed by atoms with Crippen molar-refractivity contribution in [2.24, 2.45) is 0 Å². The van der Waals surface area contributed by atoms with E-state index >= 15 is 0 Å². The first-order chi connectivity index (χ1) is 12.0. The van der Waals surface area contributed by atoms with E-state index in [1.54, 1.807) is 41.2 Å². The van der Waals surface area contributed by atoms with Crippen LogP contribution in [0.1, 0.15) is 30.7 Å². The molecular formula is C18H21N3O3S. The monoisotopic (exact) mass is 359 g/mol. The maximum atomic E-state index is 12.6. The number of carbonyl (C=O) groups excluding carboxylic acids is 2. The molecule has 0 spiro atoms. The summed E-state index contributed by atoms with van der Waals surface area (Å²) in [5, 5.41) is 0.897. The lowest BCUT2D eigenvalue weighted by Crippen LogP contribution is -2.50. The standard InChI is InChI=1S/C18H21N3O3S/c1-12-16(25-13(2)19-12)18(23)21-10-8-20(9-11-21)17(22)14-4-6-15(24-3)7-5-14/h4-7H,8-11H2,1-3H3. The average Bonchev–Trinajstić information content (AvgIpc) is 2.99. The van der Waals surface area contributed by atoms with Gasteiger partial charge in [0, 0.05) is 31.7 Å². The molecule has 0 aliphatic carbocycles. The Kier molecular flexibility index (Phi) is 5.03. The second-order valence-electron chi connectivity index (χ2n) is 5.96. The predicted octanol–water partition coefficient (Wildman–Crippen LogP) is 2.37. The van der Waals surface area contributed by atoms with Gasteiger partial charge in [-0.1, -0.05) is 0 Å². The minimum Gasteiger partial charge on any atom is -0.497 e. The van der Waals surface area contributed by atoms with Gasteiger partial charge < -0.3 is 14.5 Å². The van der Waals surface area contributed by atoms with Crippen LogP contribution >= 0.6 is 11.3 Å². The summed E-state index contributed by atoms with van der Waals surface area (Å²) in [5.74, 6) is 0.724. The number of rotatable bonds is 3. The molecule has 3 rings (SSSR count). The lowest BCUT2D eigenvalue weighted by molar-refractivity contribution is 0.0537. The highest BCUT2D eigenvalue weighted by Gasteiger charge is 2.27. The van der Waals surface area contributed by atoms with Crippen LogP contribution in [0, 0.1) is 13.8 Å². The smallest absolute Gasteiger partial charge is 0.265 e. The van der Waals surface area contributed by atoms with Gasteiger partial charge in [0.25, 0.3) is 11.8 Å². The van der Waals surface area contributed by atoms with Gasteiger partial charge >= 0.3 is 0 Å². The summed E-state index contributed by atoms with van der Waals surface area (Å²) >= 11 is 1.43. The molecule has 2 heterocycles. The third-order valence-corrected chi connectivity index (χ3v) is 5.35. The molecule has 2 amide bonds. The molecule has 0 radical (unpaired) electrons. The van der Waals surface area contributed by atoms with Crippen LogP contribution in [-0.4, -0.2) is 59.9 Å². The van der Waals surface area contributed by atoms with Crippen LogP contribution in [0.25, 0.3) is 0 Å². The summed E-state index contributed by atoms with van der Waals surface area (Å²) in [6, 6.07) is 7.09. The van der Waals surface area contributed by atoms with E-state index in [4.69, 9.17) is 4.74 Å². The van der Waals surface area contributed by atoms with E-state index in [0.717, 1.165) is 16.5 Å². The average molecular weight is 359 g/mol. The molecule has 1 saturated heterocycles. The third-order valence-electron chi connectivity index (χ3n) is 4.29. The van der Waals surface area contributed by atoms with E-state index in [1.807, 2.05) is 13.8 Å². The molecular weight excluding hydrogens is 338 g/mol. The highest BCUT2D eigenvalue weighted by Crippen LogP contribution is 2.20. The molecule has 0 bridgehead atoms. The van der Waals surface area contributed by atoms with E-state index in [0.29, 0.717) is 36.6 Å². The number of ether oxygens (including phenoxy) is 1. The largest absolute Gasteiger partial charge is 0.497 e. The molecule has 0 atom stereocenters. The molecule has 6 nitrogen and oxygen atoms in total. The number of aryl methyl sites for hydroxylation is 2. The van der Waals surface area contributed by atoms with Crippen molar-refractivity contribution in [3.63, 3.8) is 0 Å². The van der Waals surface area contributed by atoms with Crippen LogP contribution in [0.2, 0.25) is 0 Å². The van der Waals surface area contributed by atoms with Crippen LogP contribution in [0.3, 0.4) is 0 Å². The minimum atomic E-state index is -0.0143. The molecule has 0 N–H and O–H groups in total. The maximum absolute atomic E-state index is 12.6. The first-order valence-corrected chi connectivity index (χ1v) is 8.98. The van der Waals surface area contributed by atoms with E-state index < -0.39 is 0 Å². The van der Waals surface area contributed by atoms with Gasteiger partial charge in [0.15, 0.2) is 0 Å². The molecule has 2 aromatic rings. The van der Waals surface area contributed by atoms with Crippen LogP contribution in [0.4, 0.5) is 0 Å². The Morgan fingerprint density at radius 3 is 2.04 bits per heavy atom. The predicted molar refractivity (Wildman–Crippen MR) is 96.4 cm³/mol. The normalized spacial score (nSPS) is 14.5. The zero-order valence-electron chi connectivity index (χ0n) is 14.6. The molecule has 132 valence electrons. The van der Waals surface area contributed by atoms with Gasteiger partial charge in [-0.3, -0.25) is 9.59 Å². The molecule has 0 unspecified atom stereocenters. The van der Waals surface area contributed by atoms with Gasteiger partial charge in [-0.25, -0.2) is 4.98 Å². The Bertz CT molecular complexity index is 777. The molecule has 7 heteroatoms. The van der Waals surface area contributed by atoms with Crippen molar-refractivity contribution < 1.29 is 14.3 Å². The van der Waals surface area contributed by atoms with Crippen molar-refractivity contribution in [3.8, 4) is 5.75 Å². The number of hydrogen-bond acceptors (Lipinski definition) is 5. The van der Waals surface area contributed by atoms with Crippen LogP contribution in [0.15, 0.2) is 24.3 Å². The minimum absolute atomic E-state index is 0.0136. The molecule has 1 aromatic carbocycles. The third kappa shape index (κ3) is 3.66. The van der Waals surface area contributed by atoms with E-state index in [9.17, 15) is 9.59 Å². The topological polar surface area (TPSA) is 62.7 Å². The lowest BCUT2D eigenvalue weighted by atomic mass is 10.1. The number of piperazine rings is 1. The lowest BCUT2D eigenvalue weighted by Gasteiger charge is -2.34. The highest BCUT2D eigenvalue weighted by molar-refractivity contribution is 7.13. The SMILES string of the molecule is COc1ccc(C(=O)N2CCN(C(=O)c3sc(C)nc3C)CC2)cc1. The molecule has 25 heavy (non-hydrogen) atoms. The fraction of sp³-hybridized carbons (Fsp3) is 0.389. The van der Waals surface area contributed by atoms with Gasteiger partial charge in [-0.2, -0.15) is 0 Å². The molecule has 1 aliphatic heterocycles. The second-order valence-corrected chi connectivity index (χ2v) is 7.16. The number of benzene rings is 1. The Labute approximate surface area is 151 Å². The fourth-order valence-corrected chi connectivity index (χ4v) is 3.79. The van der Waals surface area contributed by atoms with Crippen molar-refractivity contribution in [2.75, 3.05) is 33.3 Å². The summed E-state index contributed by atoms with van der Waals surface area (Å²) in [5.41, 5.74) is 1.42. The van der Waals surface area contributed by atoms with E-state index in [-0.39, 0.29) is 11.8 Å². The van der Waals surface area contributed by atoms with Gasteiger partial charge in [-0.15, -0.1) is 11.3 Å². The maximum Gasteiger partial charge on any atom is 0.265 e. The van der Waals surface area contributed by atoms with Gasteiger partial charge in [0.1, 0.15) is 10.6 Å². The van der Waals surface area contributed by atoms with Crippen molar-refractivity contribution in [3.05, 3.63) is 45.4 Å².